The Morgan fingerprint density at radius 1 is 1.08 bits per heavy atom. The quantitative estimate of drug-likeness (QED) is 0.739. The maximum Gasteiger partial charge on any atom is 0.230 e. The predicted octanol–water partition coefficient (Wildman–Crippen LogP) is 0.460. The Labute approximate surface area is 141 Å². The van der Waals surface area contributed by atoms with E-state index in [2.05, 4.69) is 5.32 Å². The fraction of sp³-hybridized carbons (Fsp3) is 0.263. The van der Waals surface area contributed by atoms with Gasteiger partial charge in [-0.3, -0.25) is 4.79 Å². The number of nitrogens with one attached hydrogen (secondary N) is 1. The van der Waals surface area contributed by atoms with Gasteiger partial charge in [0.05, 0.1) is 12.4 Å². The van der Waals surface area contributed by atoms with Crippen molar-refractivity contribution in [2.24, 2.45) is 0 Å². The molecule has 2 rings (SSSR count). The minimum Gasteiger partial charge on any atom is -0.544 e. The number of nitrogens with two attached hydrogens (primary N) is 1. The lowest BCUT2D eigenvalue weighted by Gasteiger charge is -2.17. The number of quaternary nitrogens is 1. The molecule has 0 unspecified atom stereocenters. The summed E-state index contributed by atoms with van der Waals surface area (Å²) in [6, 6.07) is 16.1. The average molecular weight is 326 g/mol. The molecule has 0 radical (unpaired) electrons. The van der Waals surface area contributed by atoms with Crippen LogP contribution in [-0.4, -0.2) is 17.9 Å². The van der Waals surface area contributed by atoms with E-state index in [9.17, 15) is 14.7 Å². The number of rotatable bonds is 8. The fourth-order valence-electron chi connectivity index (χ4n) is 2.51. The van der Waals surface area contributed by atoms with Gasteiger partial charge in [0.25, 0.3) is 0 Å². The van der Waals surface area contributed by atoms with Crippen LogP contribution in [0.4, 0.5) is 5.69 Å². The summed E-state index contributed by atoms with van der Waals surface area (Å²) in [7, 11) is 0. The van der Waals surface area contributed by atoms with Gasteiger partial charge in [-0.1, -0.05) is 55.5 Å². The SMILES string of the molecule is CCc1ccccc1NC(=O)C[C@@H]([NH2+]Cc1ccccc1)C(=O)[O-]. The highest BCUT2D eigenvalue weighted by Crippen LogP contribution is 2.15. The Morgan fingerprint density at radius 2 is 1.75 bits per heavy atom. The Hall–Kier alpha value is -2.66. The number of hydrogen-bond acceptors (Lipinski definition) is 3. The van der Waals surface area contributed by atoms with Gasteiger partial charge in [0.15, 0.2) is 0 Å². The highest BCUT2D eigenvalue weighted by Gasteiger charge is 2.19. The second kappa shape index (κ2) is 8.84. The van der Waals surface area contributed by atoms with E-state index in [-0.39, 0.29) is 12.3 Å². The van der Waals surface area contributed by atoms with Crippen molar-refractivity contribution in [1.29, 1.82) is 0 Å². The number of amides is 1. The summed E-state index contributed by atoms with van der Waals surface area (Å²) in [5.41, 5.74) is 2.75. The molecule has 0 fully saturated rings. The van der Waals surface area contributed by atoms with Crippen LogP contribution < -0.4 is 15.7 Å². The highest BCUT2D eigenvalue weighted by molar-refractivity contribution is 5.94. The van der Waals surface area contributed by atoms with Crippen LogP contribution in [0.15, 0.2) is 54.6 Å². The van der Waals surface area contributed by atoms with Crippen LogP contribution in [0.1, 0.15) is 24.5 Å². The zero-order chi connectivity index (χ0) is 17.4. The van der Waals surface area contributed by atoms with Gasteiger partial charge in [-0.15, -0.1) is 0 Å². The molecular formula is C19H22N2O3. The summed E-state index contributed by atoms with van der Waals surface area (Å²) in [6.07, 6.45) is 0.660. The van der Waals surface area contributed by atoms with Gasteiger partial charge in [0, 0.05) is 11.3 Å². The van der Waals surface area contributed by atoms with Gasteiger partial charge in [-0.2, -0.15) is 0 Å². The van der Waals surface area contributed by atoms with Crippen LogP contribution >= 0.6 is 0 Å². The topological polar surface area (TPSA) is 85.8 Å². The lowest BCUT2D eigenvalue weighted by Crippen LogP contribution is -2.92. The number of carboxylic acid groups (broad SMARTS) is 1. The van der Waals surface area contributed by atoms with Crippen LogP contribution in [0, 0.1) is 0 Å². The van der Waals surface area contributed by atoms with E-state index in [0.717, 1.165) is 23.2 Å². The van der Waals surface area contributed by atoms with E-state index in [1.165, 1.54) is 0 Å². The van der Waals surface area contributed by atoms with Crippen molar-refractivity contribution in [2.75, 3.05) is 5.32 Å². The maximum atomic E-state index is 12.2. The number of anilines is 1. The molecule has 5 nitrogen and oxygen atoms in total. The fourth-order valence-corrected chi connectivity index (χ4v) is 2.51. The summed E-state index contributed by atoms with van der Waals surface area (Å²) in [4.78, 5) is 23.5. The summed E-state index contributed by atoms with van der Waals surface area (Å²) in [5.74, 6) is -1.56. The van der Waals surface area contributed by atoms with E-state index < -0.39 is 12.0 Å². The van der Waals surface area contributed by atoms with Gasteiger partial charge in [-0.05, 0) is 18.1 Å². The minimum atomic E-state index is -1.23. The molecule has 0 saturated heterocycles. The smallest absolute Gasteiger partial charge is 0.230 e. The lowest BCUT2D eigenvalue weighted by atomic mass is 10.1. The Bertz CT molecular complexity index is 686. The van der Waals surface area contributed by atoms with E-state index in [1.807, 2.05) is 61.5 Å². The number of carboxylic acids is 1. The Morgan fingerprint density at radius 3 is 2.42 bits per heavy atom. The van der Waals surface area contributed by atoms with Gasteiger partial charge in [-0.25, -0.2) is 0 Å². The molecule has 0 aromatic heterocycles. The number of aryl methyl sites for hydroxylation is 1. The van der Waals surface area contributed by atoms with Crippen molar-refractivity contribution in [1.82, 2.24) is 0 Å². The number of benzene rings is 2. The van der Waals surface area contributed by atoms with E-state index in [1.54, 1.807) is 5.32 Å². The lowest BCUT2D eigenvalue weighted by molar-refractivity contribution is -0.697. The van der Waals surface area contributed by atoms with Crippen LogP contribution in [0.25, 0.3) is 0 Å². The van der Waals surface area contributed by atoms with Crippen molar-refractivity contribution >= 4 is 17.6 Å². The first-order chi connectivity index (χ1) is 11.6. The van der Waals surface area contributed by atoms with Gasteiger partial charge >= 0.3 is 0 Å². The Balaban J connectivity index is 1.94. The molecule has 0 saturated carbocycles. The zero-order valence-electron chi connectivity index (χ0n) is 13.7. The van der Waals surface area contributed by atoms with Crippen molar-refractivity contribution in [2.45, 2.75) is 32.4 Å². The molecule has 0 aliphatic heterocycles. The van der Waals surface area contributed by atoms with Crippen LogP contribution in [-0.2, 0) is 22.6 Å². The van der Waals surface area contributed by atoms with E-state index >= 15 is 0 Å². The van der Waals surface area contributed by atoms with Crippen molar-refractivity contribution in [3.63, 3.8) is 0 Å². The molecule has 0 heterocycles. The first-order valence-electron chi connectivity index (χ1n) is 8.06. The van der Waals surface area contributed by atoms with Gasteiger partial charge < -0.3 is 20.5 Å². The molecular weight excluding hydrogens is 304 g/mol. The molecule has 0 spiro atoms. The summed E-state index contributed by atoms with van der Waals surface area (Å²) >= 11 is 0. The van der Waals surface area contributed by atoms with E-state index in [4.69, 9.17) is 0 Å². The first-order valence-corrected chi connectivity index (χ1v) is 8.06. The summed E-state index contributed by atoms with van der Waals surface area (Å²) < 4.78 is 0. The third-order valence-corrected chi connectivity index (χ3v) is 3.86. The number of para-hydroxylation sites is 1. The standard InChI is InChI=1S/C19H22N2O3/c1-2-15-10-6-7-11-16(15)21-18(22)12-17(19(23)24)20-13-14-8-4-3-5-9-14/h3-11,17,20H,2,12-13H2,1H3,(H,21,22)(H,23,24)/t17-/m1/s1. The first kappa shape index (κ1) is 17.7. The molecule has 5 heteroatoms. The predicted molar refractivity (Wildman–Crippen MR) is 89.9 cm³/mol. The average Bonchev–Trinajstić information content (AvgIpc) is 2.59. The highest BCUT2D eigenvalue weighted by atomic mass is 16.4. The minimum absolute atomic E-state index is 0.132. The maximum absolute atomic E-state index is 12.2. The molecule has 24 heavy (non-hydrogen) atoms. The third-order valence-electron chi connectivity index (χ3n) is 3.86. The number of carbonyl (C=O) groups excluding carboxylic acids is 2. The molecule has 1 amide bonds. The third kappa shape index (κ3) is 5.21. The summed E-state index contributed by atoms with van der Waals surface area (Å²) in [5, 5.41) is 15.7. The number of hydrogen-bond donors (Lipinski definition) is 2. The second-order valence-electron chi connectivity index (χ2n) is 5.61. The van der Waals surface area contributed by atoms with Crippen molar-refractivity contribution in [3.05, 3.63) is 65.7 Å². The van der Waals surface area contributed by atoms with E-state index in [0.29, 0.717) is 6.54 Å². The molecule has 0 aliphatic carbocycles. The van der Waals surface area contributed by atoms with Crippen LogP contribution in [0.2, 0.25) is 0 Å². The molecule has 0 bridgehead atoms. The van der Waals surface area contributed by atoms with Gasteiger partial charge in [0.1, 0.15) is 12.6 Å². The number of carbonyl (C=O) groups is 2. The zero-order valence-corrected chi connectivity index (χ0v) is 13.7. The van der Waals surface area contributed by atoms with Crippen molar-refractivity contribution in [3.8, 4) is 0 Å². The second-order valence-corrected chi connectivity index (χ2v) is 5.61. The molecule has 0 aliphatic rings. The van der Waals surface area contributed by atoms with Crippen LogP contribution in [0.3, 0.4) is 0 Å². The largest absolute Gasteiger partial charge is 0.544 e. The number of aliphatic carboxylic acids is 1. The summed E-state index contributed by atoms with van der Waals surface area (Å²) in [6.45, 7) is 2.49. The molecule has 2 aromatic carbocycles. The molecule has 3 N–H and O–H groups in total. The monoisotopic (exact) mass is 326 g/mol. The molecule has 2 aromatic rings. The van der Waals surface area contributed by atoms with Crippen LogP contribution in [0.5, 0.6) is 0 Å². The normalized spacial score (nSPS) is 11.7. The van der Waals surface area contributed by atoms with Crippen molar-refractivity contribution < 1.29 is 20.0 Å². The Kier molecular flexibility index (Phi) is 6.51. The van der Waals surface area contributed by atoms with Gasteiger partial charge in [0.2, 0.25) is 5.91 Å². The molecule has 1 atom stereocenters. The molecule has 126 valence electrons.